The number of imide groups is 1. The fourth-order valence-corrected chi connectivity index (χ4v) is 2.78. The van der Waals surface area contributed by atoms with Crippen LogP contribution in [-0.2, 0) is 9.57 Å². The average Bonchev–Trinajstić information content (AvgIpc) is 3.24. The van der Waals surface area contributed by atoms with Crippen LogP contribution in [0.5, 0.6) is 0 Å². The van der Waals surface area contributed by atoms with E-state index in [1.54, 1.807) is 19.1 Å². The molecule has 0 N–H and O–H groups in total. The van der Waals surface area contributed by atoms with Crippen LogP contribution >= 0.6 is 0 Å². The van der Waals surface area contributed by atoms with Crippen molar-refractivity contribution in [3.05, 3.63) is 65.1 Å². The number of fused-ring (bicyclic) bond motifs is 2. The number of amides is 2. The van der Waals surface area contributed by atoms with Crippen LogP contribution in [0.4, 0.5) is 0 Å². The Labute approximate surface area is 157 Å². The highest BCUT2D eigenvalue weighted by atomic mass is 16.7. The smallest absolute Gasteiger partial charge is 0.382 e. The van der Waals surface area contributed by atoms with Gasteiger partial charge in [0, 0.05) is 6.20 Å². The molecule has 1 aromatic carbocycles. The molecule has 0 saturated heterocycles. The van der Waals surface area contributed by atoms with Gasteiger partial charge in [-0.3, -0.25) is 9.59 Å². The van der Waals surface area contributed by atoms with Crippen LogP contribution in [0, 0.1) is 0 Å². The number of hydroxylamine groups is 2. The summed E-state index contributed by atoms with van der Waals surface area (Å²) in [5.74, 6) is -3.14. The molecule has 140 valence electrons. The maximum Gasteiger partial charge on any atom is 0.382 e. The first-order chi connectivity index (χ1) is 13.5. The maximum atomic E-state index is 12.6. The number of aromatic nitrogens is 3. The molecule has 0 spiro atoms. The molecule has 0 radical (unpaired) electrons. The molecule has 1 aliphatic heterocycles. The Hall–Kier alpha value is -4.08. The van der Waals surface area contributed by atoms with Crippen LogP contribution in [0.3, 0.4) is 0 Å². The normalized spacial score (nSPS) is 13.0. The fourth-order valence-electron chi connectivity index (χ4n) is 2.78. The van der Waals surface area contributed by atoms with E-state index in [-0.39, 0.29) is 34.6 Å². The van der Waals surface area contributed by atoms with Crippen LogP contribution < -0.4 is 0 Å². The average molecular weight is 380 g/mol. The summed E-state index contributed by atoms with van der Waals surface area (Å²) in [6, 6.07) is 7.42. The van der Waals surface area contributed by atoms with Gasteiger partial charge in [-0.25, -0.2) is 19.1 Å². The van der Waals surface area contributed by atoms with Crippen molar-refractivity contribution >= 4 is 29.4 Å². The molecule has 0 unspecified atom stereocenters. The highest BCUT2D eigenvalue weighted by Crippen LogP contribution is 2.23. The first-order valence-corrected chi connectivity index (χ1v) is 8.23. The van der Waals surface area contributed by atoms with Crippen LogP contribution in [-0.4, -0.2) is 50.0 Å². The van der Waals surface area contributed by atoms with E-state index in [1.165, 1.54) is 30.6 Å². The van der Waals surface area contributed by atoms with Gasteiger partial charge in [0.25, 0.3) is 11.8 Å². The lowest BCUT2D eigenvalue weighted by Crippen LogP contribution is -2.33. The number of rotatable bonds is 4. The summed E-state index contributed by atoms with van der Waals surface area (Å²) in [6.07, 6.45) is 2.48. The number of hydrogen-bond donors (Lipinski definition) is 0. The predicted octanol–water partition coefficient (Wildman–Crippen LogP) is 1.27. The Morgan fingerprint density at radius 3 is 2.36 bits per heavy atom. The zero-order valence-corrected chi connectivity index (χ0v) is 14.5. The van der Waals surface area contributed by atoms with Crippen molar-refractivity contribution in [2.75, 3.05) is 6.61 Å². The van der Waals surface area contributed by atoms with E-state index < -0.39 is 23.8 Å². The zero-order valence-electron chi connectivity index (χ0n) is 14.5. The molecular weight excluding hydrogens is 368 g/mol. The Kier molecular flexibility index (Phi) is 4.07. The van der Waals surface area contributed by atoms with Crippen LogP contribution in [0.1, 0.15) is 48.5 Å². The third-order valence-corrected chi connectivity index (χ3v) is 4.04. The lowest BCUT2D eigenvalue weighted by atomic mass is 10.1. The minimum Gasteiger partial charge on any atom is -0.462 e. The molecule has 0 fully saturated rings. The predicted molar refractivity (Wildman–Crippen MR) is 91.3 cm³/mol. The molecule has 10 heteroatoms. The van der Waals surface area contributed by atoms with Gasteiger partial charge in [-0.15, -0.1) is 0 Å². The summed E-state index contributed by atoms with van der Waals surface area (Å²) in [7, 11) is 0. The second-order valence-corrected chi connectivity index (χ2v) is 5.67. The molecule has 2 amide bonds. The lowest BCUT2D eigenvalue weighted by molar-refractivity contribution is -0.0590. The van der Waals surface area contributed by atoms with Crippen molar-refractivity contribution in [2.45, 2.75) is 6.92 Å². The van der Waals surface area contributed by atoms with E-state index in [0.29, 0.717) is 5.06 Å². The molecule has 0 atom stereocenters. The molecule has 0 saturated carbocycles. The number of nitrogens with zero attached hydrogens (tertiary/aromatic N) is 4. The van der Waals surface area contributed by atoms with Crippen molar-refractivity contribution in [2.24, 2.45) is 0 Å². The van der Waals surface area contributed by atoms with E-state index in [1.807, 2.05) is 0 Å². The highest BCUT2D eigenvalue weighted by Gasteiger charge is 2.39. The molecule has 3 heterocycles. The number of carbonyl (C=O) groups excluding carboxylic acids is 4. The molecule has 28 heavy (non-hydrogen) atoms. The largest absolute Gasteiger partial charge is 0.462 e. The summed E-state index contributed by atoms with van der Waals surface area (Å²) in [5.41, 5.74) is 0.303. The topological polar surface area (TPSA) is 120 Å². The van der Waals surface area contributed by atoms with Crippen LogP contribution in [0.2, 0.25) is 0 Å². The summed E-state index contributed by atoms with van der Waals surface area (Å²) < 4.78 is 6.00. The van der Waals surface area contributed by atoms with Gasteiger partial charge in [-0.2, -0.15) is 5.10 Å². The monoisotopic (exact) mass is 380 g/mol. The number of benzene rings is 1. The first kappa shape index (κ1) is 17.3. The Balaban J connectivity index is 1.65. The van der Waals surface area contributed by atoms with E-state index in [0.717, 1.165) is 4.52 Å². The van der Waals surface area contributed by atoms with E-state index in [2.05, 4.69) is 10.1 Å². The van der Waals surface area contributed by atoms with Gasteiger partial charge in [0.05, 0.1) is 23.9 Å². The number of esters is 1. The number of carbonyl (C=O) groups is 4. The lowest BCUT2D eigenvalue weighted by Gasteiger charge is -2.13. The minimum atomic E-state index is -1.01. The number of hydrogen-bond acceptors (Lipinski definition) is 8. The molecule has 10 nitrogen and oxygen atoms in total. The van der Waals surface area contributed by atoms with Gasteiger partial charge in [0.15, 0.2) is 11.3 Å². The molecule has 0 bridgehead atoms. The molecular formula is C18H12N4O6. The Morgan fingerprint density at radius 2 is 1.71 bits per heavy atom. The molecule has 2 aromatic heterocycles. The third-order valence-electron chi connectivity index (χ3n) is 4.04. The van der Waals surface area contributed by atoms with Gasteiger partial charge >= 0.3 is 11.9 Å². The molecule has 4 rings (SSSR count). The summed E-state index contributed by atoms with van der Waals surface area (Å²) in [5, 5.41) is 4.36. The standard InChI is InChI=1S/C18H12N4O6/c1-2-27-17(25)12-9-20-21-13(7-8-19-14(12)21)18(26)28-22-15(23)10-5-3-4-6-11(10)16(22)24/h3-9H,2H2,1H3. The van der Waals surface area contributed by atoms with Crippen LogP contribution in [0.15, 0.2) is 42.7 Å². The third kappa shape index (κ3) is 2.58. The van der Waals surface area contributed by atoms with E-state index >= 15 is 0 Å². The van der Waals surface area contributed by atoms with Gasteiger partial charge in [0.2, 0.25) is 0 Å². The summed E-state index contributed by atoms with van der Waals surface area (Å²) in [6.45, 7) is 1.82. The van der Waals surface area contributed by atoms with Crippen molar-refractivity contribution in [1.82, 2.24) is 19.7 Å². The van der Waals surface area contributed by atoms with Crippen molar-refractivity contribution < 1.29 is 28.8 Å². The molecule has 3 aromatic rings. The van der Waals surface area contributed by atoms with Gasteiger partial charge in [-0.1, -0.05) is 17.2 Å². The Bertz CT molecular complexity index is 1120. The Morgan fingerprint density at radius 1 is 1.04 bits per heavy atom. The maximum absolute atomic E-state index is 12.6. The molecule has 0 aliphatic carbocycles. The van der Waals surface area contributed by atoms with Gasteiger partial charge < -0.3 is 9.57 Å². The van der Waals surface area contributed by atoms with E-state index in [4.69, 9.17) is 9.57 Å². The summed E-state index contributed by atoms with van der Waals surface area (Å²) >= 11 is 0. The quantitative estimate of drug-likeness (QED) is 0.490. The van der Waals surface area contributed by atoms with Crippen molar-refractivity contribution in [3.8, 4) is 0 Å². The van der Waals surface area contributed by atoms with Gasteiger partial charge in [0.1, 0.15) is 5.56 Å². The minimum absolute atomic E-state index is 0.0669. The molecule has 1 aliphatic rings. The van der Waals surface area contributed by atoms with Crippen molar-refractivity contribution in [3.63, 3.8) is 0 Å². The second-order valence-electron chi connectivity index (χ2n) is 5.67. The fraction of sp³-hybridized carbons (Fsp3) is 0.111. The van der Waals surface area contributed by atoms with Gasteiger partial charge in [-0.05, 0) is 25.1 Å². The second kappa shape index (κ2) is 6.58. The zero-order chi connectivity index (χ0) is 19.8. The first-order valence-electron chi connectivity index (χ1n) is 8.23. The SMILES string of the molecule is CCOC(=O)c1cnn2c(C(=O)ON3C(=O)c4ccccc4C3=O)ccnc12. The van der Waals surface area contributed by atoms with Crippen LogP contribution in [0.25, 0.3) is 5.65 Å². The van der Waals surface area contributed by atoms with Crippen molar-refractivity contribution in [1.29, 1.82) is 0 Å². The van der Waals surface area contributed by atoms with E-state index in [9.17, 15) is 19.2 Å². The summed E-state index contributed by atoms with van der Waals surface area (Å²) in [4.78, 5) is 58.3. The highest BCUT2D eigenvalue weighted by molar-refractivity contribution is 6.21. The number of ether oxygens (including phenoxy) is 1.